The SMILES string of the molecule is c1ccc(-c2cc(-c3ccccc3)cc(-c3nc(-c4ccccc4)nc(-c4ccc5c(c4)oc4ccccc45)n3)c2)cc1. The highest BCUT2D eigenvalue weighted by Gasteiger charge is 2.16. The normalized spacial score (nSPS) is 11.3. The summed E-state index contributed by atoms with van der Waals surface area (Å²) in [5.74, 6) is 1.83. The molecule has 2 heterocycles. The summed E-state index contributed by atoms with van der Waals surface area (Å²) in [6, 6.07) is 51.7. The fourth-order valence-corrected chi connectivity index (χ4v) is 5.57. The van der Waals surface area contributed by atoms with Gasteiger partial charge in [-0.05, 0) is 58.7 Å². The Kier molecular flexibility index (Phi) is 6.08. The van der Waals surface area contributed by atoms with Crippen LogP contribution in [0, 0.1) is 0 Å². The average molecular weight is 552 g/mol. The number of aromatic nitrogens is 3. The highest BCUT2D eigenvalue weighted by atomic mass is 16.3. The molecular formula is C39H25N3O. The van der Waals surface area contributed by atoms with Crippen LogP contribution in [0.15, 0.2) is 156 Å². The topological polar surface area (TPSA) is 51.8 Å². The fourth-order valence-electron chi connectivity index (χ4n) is 5.57. The van der Waals surface area contributed by atoms with Gasteiger partial charge in [0.2, 0.25) is 0 Å². The third-order valence-corrected chi connectivity index (χ3v) is 7.71. The number of benzene rings is 6. The Morgan fingerprint density at radius 3 is 1.40 bits per heavy atom. The first-order valence-electron chi connectivity index (χ1n) is 14.3. The number of furan rings is 1. The van der Waals surface area contributed by atoms with Crippen molar-refractivity contribution < 1.29 is 4.42 Å². The minimum atomic E-state index is 0.595. The predicted molar refractivity (Wildman–Crippen MR) is 174 cm³/mol. The Balaban J connectivity index is 1.34. The first kappa shape index (κ1) is 24.9. The zero-order valence-electron chi connectivity index (χ0n) is 23.2. The lowest BCUT2D eigenvalue weighted by Crippen LogP contribution is -2.00. The molecule has 0 aliphatic rings. The van der Waals surface area contributed by atoms with E-state index in [0.717, 1.165) is 60.9 Å². The smallest absolute Gasteiger partial charge is 0.164 e. The number of para-hydroxylation sites is 1. The van der Waals surface area contributed by atoms with Crippen LogP contribution in [0.5, 0.6) is 0 Å². The van der Waals surface area contributed by atoms with Gasteiger partial charge in [-0.15, -0.1) is 0 Å². The van der Waals surface area contributed by atoms with E-state index < -0.39 is 0 Å². The molecule has 0 aliphatic carbocycles. The molecule has 8 aromatic rings. The molecule has 0 saturated heterocycles. The van der Waals surface area contributed by atoms with Crippen molar-refractivity contribution in [1.29, 1.82) is 0 Å². The zero-order chi connectivity index (χ0) is 28.6. The van der Waals surface area contributed by atoms with Gasteiger partial charge in [-0.25, -0.2) is 15.0 Å². The van der Waals surface area contributed by atoms with E-state index in [-0.39, 0.29) is 0 Å². The Bertz CT molecular complexity index is 2170. The Hall–Kier alpha value is -5.87. The molecule has 0 bridgehead atoms. The lowest BCUT2D eigenvalue weighted by Gasteiger charge is -2.12. The summed E-state index contributed by atoms with van der Waals surface area (Å²) >= 11 is 0. The second-order valence-corrected chi connectivity index (χ2v) is 10.5. The van der Waals surface area contributed by atoms with Crippen molar-refractivity contribution in [3.05, 3.63) is 152 Å². The van der Waals surface area contributed by atoms with Crippen LogP contribution in [-0.2, 0) is 0 Å². The van der Waals surface area contributed by atoms with E-state index in [1.165, 1.54) is 0 Å². The van der Waals surface area contributed by atoms with Crippen molar-refractivity contribution >= 4 is 21.9 Å². The molecule has 4 heteroatoms. The molecule has 4 nitrogen and oxygen atoms in total. The van der Waals surface area contributed by atoms with Crippen molar-refractivity contribution in [2.24, 2.45) is 0 Å². The van der Waals surface area contributed by atoms with Crippen LogP contribution in [0.25, 0.3) is 78.4 Å². The largest absolute Gasteiger partial charge is 0.456 e. The maximum atomic E-state index is 6.20. The maximum Gasteiger partial charge on any atom is 0.164 e. The van der Waals surface area contributed by atoms with Gasteiger partial charge in [0.1, 0.15) is 11.2 Å². The molecule has 8 rings (SSSR count). The monoisotopic (exact) mass is 551 g/mol. The van der Waals surface area contributed by atoms with E-state index in [1.54, 1.807) is 0 Å². The van der Waals surface area contributed by atoms with Crippen molar-refractivity contribution in [3.8, 4) is 56.4 Å². The fraction of sp³-hybridized carbons (Fsp3) is 0. The molecule has 0 unspecified atom stereocenters. The number of fused-ring (bicyclic) bond motifs is 3. The van der Waals surface area contributed by atoms with Gasteiger partial charge in [-0.1, -0.05) is 115 Å². The van der Waals surface area contributed by atoms with Gasteiger partial charge in [0.25, 0.3) is 0 Å². The van der Waals surface area contributed by atoms with Crippen LogP contribution in [0.3, 0.4) is 0 Å². The summed E-state index contributed by atoms with van der Waals surface area (Å²) in [5.41, 5.74) is 8.86. The summed E-state index contributed by atoms with van der Waals surface area (Å²) in [6.07, 6.45) is 0. The van der Waals surface area contributed by atoms with Crippen molar-refractivity contribution in [2.75, 3.05) is 0 Å². The summed E-state index contributed by atoms with van der Waals surface area (Å²) in [6.45, 7) is 0. The highest BCUT2D eigenvalue weighted by molar-refractivity contribution is 6.05. The number of hydrogen-bond donors (Lipinski definition) is 0. The predicted octanol–water partition coefficient (Wildman–Crippen LogP) is 10.1. The second-order valence-electron chi connectivity index (χ2n) is 10.5. The molecule has 0 N–H and O–H groups in total. The van der Waals surface area contributed by atoms with Crippen LogP contribution in [0.4, 0.5) is 0 Å². The van der Waals surface area contributed by atoms with E-state index in [4.69, 9.17) is 19.4 Å². The molecule has 0 amide bonds. The van der Waals surface area contributed by atoms with Gasteiger partial charge in [-0.3, -0.25) is 0 Å². The first-order chi connectivity index (χ1) is 21.3. The molecule has 6 aromatic carbocycles. The van der Waals surface area contributed by atoms with Crippen LogP contribution in [0.2, 0.25) is 0 Å². The highest BCUT2D eigenvalue weighted by Crippen LogP contribution is 2.35. The quantitative estimate of drug-likeness (QED) is 0.214. The molecule has 0 atom stereocenters. The van der Waals surface area contributed by atoms with Crippen molar-refractivity contribution in [3.63, 3.8) is 0 Å². The third-order valence-electron chi connectivity index (χ3n) is 7.71. The molecule has 0 radical (unpaired) electrons. The average Bonchev–Trinajstić information content (AvgIpc) is 3.47. The Morgan fingerprint density at radius 1 is 0.302 bits per heavy atom. The summed E-state index contributed by atoms with van der Waals surface area (Å²) in [7, 11) is 0. The van der Waals surface area contributed by atoms with Crippen molar-refractivity contribution in [1.82, 2.24) is 15.0 Å². The van der Waals surface area contributed by atoms with Gasteiger partial charge in [-0.2, -0.15) is 0 Å². The van der Waals surface area contributed by atoms with E-state index in [9.17, 15) is 0 Å². The third kappa shape index (κ3) is 4.75. The van der Waals surface area contributed by atoms with Gasteiger partial charge in [0.15, 0.2) is 17.5 Å². The number of rotatable bonds is 5. The van der Waals surface area contributed by atoms with Gasteiger partial charge < -0.3 is 4.42 Å². The van der Waals surface area contributed by atoms with Crippen LogP contribution in [-0.4, -0.2) is 15.0 Å². The minimum Gasteiger partial charge on any atom is -0.456 e. The summed E-state index contributed by atoms with van der Waals surface area (Å²) in [5, 5.41) is 2.16. The van der Waals surface area contributed by atoms with Gasteiger partial charge >= 0.3 is 0 Å². The standard InChI is InChI=1S/C39H25N3O/c1-4-12-26(13-5-1)30-22-31(27-14-6-2-7-15-27)24-32(23-30)39-41-37(28-16-8-3-9-17-28)40-38(42-39)29-20-21-34-33-18-10-11-19-35(33)43-36(34)25-29/h1-25H. The summed E-state index contributed by atoms with van der Waals surface area (Å²) in [4.78, 5) is 15.0. The van der Waals surface area contributed by atoms with Crippen LogP contribution >= 0.6 is 0 Å². The molecular weight excluding hydrogens is 526 g/mol. The van der Waals surface area contributed by atoms with Gasteiger partial charge in [0.05, 0.1) is 0 Å². The summed E-state index contributed by atoms with van der Waals surface area (Å²) < 4.78 is 6.20. The molecule has 0 aliphatic heterocycles. The minimum absolute atomic E-state index is 0.595. The van der Waals surface area contributed by atoms with Crippen LogP contribution in [0.1, 0.15) is 0 Å². The van der Waals surface area contributed by atoms with Gasteiger partial charge in [0, 0.05) is 27.5 Å². The van der Waals surface area contributed by atoms with Crippen molar-refractivity contribution in [2.45, 2.75) is 0 Å². The molecule has 202 valence electrons. The lowest BCUT2D eigenvalue weighted by atomic mass is 9.96. The van der Waals surface area contributed by atoms with E-state index in [2.05, 4.69) is 84.9 Å². The number of hydrogen-bond acceptors (Lipinski definition) is 4. The molecule has 2 aromatic heterocycles. The maximum absolute atomic E-state index is 6.20. The van der Waals surface area contributed by atoms with E-state index in [1.807, 2.05) is 66.7 Å². The lowest BCUT2D eigenvalue weighted by molar-refractivity contribution is 0.669. The van der Waals surface area contributed by atoms with Crippen LogP contribution < -0.4 is 0 Å². The second kappa shape index (κ2) is 10.5. The number of nitrogens with zero attached hydrogens (tertiary/aromatic N) is 3. The molecule has 0 fully saturated rings. The Morgan fingerprint density at radius 2 is 0.767 bits per heavy atom. The molecule has 43 heavy (non-hydrogen) atoms. The Labute approximate surface area is 249 Å². The molecule has 0 saturated carbocycles. The molecule has 0 spiro atoms. The first-order valence-corrected chi connectivity index (χ1v) is 14.3. The van der Waals surface area contributed by atoms with E-state index >= 15 is 0 Å². The van der Waals surface area contributed by atoms with E-state index in [0.29, 0.717) is 17.5 Å². The zero-order valence-corrected chi connectivity index (χ0v) is 23.2.